The van der Waals surface area contributed by atoms with Crippen molar-refractivity contribution in [1.82, 2.24) is 25.3 Å². The van der Waals surface area contributed by atoms with Gasteiger partial charge in [0.25, 0.3) is 0 Å². The highest BCUT2D eigenvalue weighted by Crippen LogP contribution is 2.27. The molecule has 8 nitrogen and oxygen atoms in total. The molecule has 19 heavy (non-hydrogen) atoms. The van der Waals surface area contributed by atoms with Gasteiger partial charge < -0.3 is 10.0 Å². The highest BCUT2D eigenvalue weighted by molar-refractivity contribution is 5.78. The van der Waals surface area contributed by atoms with E-state index >= 15 is 0 Å². The van der Waals surface area contributed by atoms with E-state index < -0.39 is 12.0 Å². The van der Waals surface area contributed by atoms with Gasteiger partial charge in [-0.2, -0.15) is 0 Å². The van der Waals surface area contributed by atoms with E-state index in [4.69, 9.17) is 0 Å². The predicted molar refractivity (Wildman–Crippen MR) is 65.7 cm³/mol. The first-order chi connectivity index (χ1) is 9.16. The van der Waals surface area contributed by atoms with Crippen LogP contribution in [-0.4, -0.2) is 48.9 Å². The first kappa shape index (κ1) is 11.8. The molecule has 1 fully saturated rings. The highest BCUT2D eigenvalue weighted by Gasteiger charge is 2.35. The minimum atomic E-state index is -0.814. The van der Waals surface area contributed by atoms with Crippen LogP contribution in [0.15, 0.2) is 12.1 Å². The summed E-state index contributed by atoms with van der Waals surface area (Å²) >= 11 is 0. The van der Waals surface area contributed by atoms with Gasteiger partial charge in [0.15, 0.2) is 11.5 Å². The van der Waals surface area contributed by atoms with Crippen molar-refractivity contribution in [3.05, 3.63) is 12.1 Å². The van der Waals surface area contributed by atoms with Crippen LogP contribution in [0.25, 0.3) is 5.65 Å². The fourth-order valence-electron chi connectivity index (χ4n) is 2.61. The Bertz CT molecular complexity index is 612. The molecular weight excluding hydrogens is 248 g/mol. The van der Waals surface area contributed by atoms with E-state index in [0.717, 1.165) is 12.8 Å². The number of aliphatic carboxylic acids is 1. The summed E-state index contributed by atoms with van der Waals surface area (Å²) in [4.78, 5) is 13.3. The third-order valence-electron chi connectivity index (χ3n) is 3.54. The van der Waals surface area contributed by atoms with Crippen molar-refractivity contribution in [3.63, 3.8) is 0 Å². The zero-order chi connectivity index (χ0) is 13.4. The van der Waals surface area contributed by atoms with Gasteiger partial charge in [-0.1, -0.05) is 6.92 Å². The quantitative estimate of drug-likeness (QED) is 0.826. The molecule has 2 aromatic heterocycles. The number of hydrogen-bond donors (Lipinski definition) is 1. The Morgan fingerprint density at radius 3 is 3.11 bits per heavy atom. The van der Waals surface area contributed by atoms with Crippen molar-refractivity contribution in [2.45, 2.75) is 25.8 Å². The van der Waals surface area contributed by atoms with Gasteiger partial charge in [-0.15, -0.1) is 14.8 Å². The standard InChI is InChI=1S/C11H14N6O2/c1-7-3-2-6-16(10(7)11(18)19)9-5-4-8-12-14-15-17(8)13-9/h4-5,7,10H,2-3,6H2,1H3,(H,18,19). The largest absolute Gasteiger partial charge is 0.480 e. The van der Waals surface area contributed by atoms with Crippen molar-refractivity contribution in [2.24, 2.45) is 5.92 Å². The lowest BCUT2D eigenvalue weighted by Crippen LogP contribution is -2.49. The monoisotopic (exact) mass is 262 g/mol. The molecule has 2 aromatic rings. The molecule has 0 saturated carbocycles. The SMILES string of the molecule is CC1CCCN(c2ccc3nnnn3n2)C1C(=O)O. The number of carboxylic acids is 1. The molecule has 0 spiro atoms. The maximum Gasteiger partial charge on any atom is 0.326 e. The van der Waals surface area contributed by atoms with Crippen LogP contribution in [0.2, 0.25) is 0 Å². The lowest BCUT2D eigenvalue weighted by Gasteiger charge is -2.37. The molecule has 0 radical (unpaired) electrons. The molecule has 0 bridgehead atoms. The van der Waals surface area contributed by atoms with E-state index in [1.165, 1.54) is 4.63 Å². The fraction of sp³-hybridized carbons (Fsp3) is 0.545. The molecule has 0 aliphatic carbocycles. The summed E-state index contributed by atoms with van der Waals surface area (Å²) in [5, 5.41) is 24.7. The lowest BCUT2D eigenvalue weighted by atomic mass is 9.91. The zero-order valence-corrected chi connectivity index (χ0v) is 10.5. The molecule has 8 heteroatoms. The van der Waals surface area contributed by atoms with Crippen molar-refractivity contribution >= 4 is 17.4 Å². The van der Waals surface area contributed by atoms with Gasteiger partial charge in [-0.05, 0) is 41.3 Å². The van der Waals surface area contributed by atoms with Gasteiger partial charge in [0.05, 0.1) is 0 Å². The summed E-state index contributed by atoms with van der Waals surface area (Å²) in [5.74, 6) is -0.123. The van der Waals surface area contributed by atoms with Crippen molar-refractivity contribution in [3.8, 4) is 0 Å². The van der Waals surface area contributed by atoms with Gasteiger partial charge in [0.2, 0.25) is 0 Å². The number of carbonyl (C=O) groups is 1. The smallest absolute Gasteiger partial charge is 0.326 e. The fourth-order valence-corrected chi connectivity index (χ4v) is 2.61. The molecular formula is C11H14N6O2. The number of rotatable bonds is 2. The first-order valence-electron chi connectivity index (χ1n) is 6.21. The average Bonchev–Trinajstić information content (AvgIpc) is 2.85. The van der Waals surface area contributed by atoms with Crippen LogP contribution in [0.5, 0.6) is 0 Å². The van der Waals surface area contributed by atoms with Crippen LogP contribution in [0.4, 0.5) is 5.82 Å². The van der Waals surface area contributed by atoms with Crippen LogP contribution in [-0.2, 0) is 4.79 Å². The maximum absolute atomic E-state index is 11.4. The molecule has 2 unspecified atom stereocenters. The minimum Gasteiger partial charge on any atom is -0.480 e. The van der Waals surface area contributed by atoms with Crippen LogP contribution >= 0.6 is 0 Å². The maximum atomic E-state index is 11.4. The summed E-state index contributed by atoms with van der Waals surface area (Å²) in [6.07, 6.45) is 1.88. The van der Waals surface area contributed by atoms with Gasteiger partial charge in [0, 0.05) is 6.54 Å². The van der Waals surface area contributed by atoms with Crippen LogP contribution in [0, 0.1) is 5.92 Å². The Labute approximate surface area is 109 Å². The molecule has 0 amide bonds. The second-order valence-corrected chi connectivity index (χ2v) is 4.81. The number of piperidine rings is 1. The van der Waals surface area contributed by atoms with Crippen molar-refractivity contribution < 1.29 is 9.90 Å². The highest BCUT2D eigenvalue weighted by atomic mass is 16.4. The summed E-state index contributed by atoms with van der Waals surface area (Å²) in [7, 11) is 0. The molecule has 1 saturated heterocycles. The van der Waals surface area contributed by atoms with Crippen molar-refractivity contribution in [1.29, 1.82) is 0 Å². The van der Waals surface area contributed by atoms with Crippen molar-refractivity contribution in [2.75, 3.05) is 11.4 Å². The van der Waals surface area contributed by atoms with Gasteiger partial charge in [0.1, 0.15) is 6.04 Å². The normalized spacial score (nSPS) is 23.7. The number of tetrazole rings is 1. The average molecular weight is 262 g/mol. The van der Waals surface area contributed by atoms with Gasteiger partial charge in [-0.3, -0.25) is 0 Å². The summed E-state index contributed by atoms with van der Waals surface area (Å²) in [6, 6.07) is 2.95. The molecule has 1 N–H and O–H groups in total. The number of fused-ring (bicyclic) bond motifs is 1. The third-order valence-corrected chi connectivity index (χ3v) is 3.54. The van der Waals surface area contributed by atoms with Gasteiger partial charge >= 0.3 is 5.97 Å². The number of hydrogen-bond acceptors (Lipinski definition) is 6. The van der Waals surface area contributed by atoms with E-state index in [2.05, 4.69) is 20.6 Å². The molecule has 1 aliphatic heterocycles. The number of aromatic nitrogens is 5. The van der Waals surface area contributed by atoms with E-state index in [0.29, 0.717) is 18.0 Å². The molecule has 0 aromatic carbocycles. The Morgan fingerprint density at radius 2 is 2.32 bits per heavy atom. The number of anilines is 1. The molecule has 1 aliphatic rings. The Hall–Kier alpha value is -2.25. The summed E-state index contributed by atoms with van der Waals surface area (Å²) < 4.78 is 1.31. The third kappa shape index (κ3) is 1.98. The Balaban J connectivity index is 2.00. The second kappa shape index (κ2) is 4.45. The Kier molecular flexibility index (Phi) is 2.77. The number of carboxylic acid groups (broad SMARTS) is 1. The second-order valence-electron chi connectivity index (χ2n) is 4.81. The van der Waals surface area contributed by atoms with Crippen LogP contribution in [0.1, 0.15) is 19.8 Å². The van der Waals surface area contributed by atoms with E-state index in [-0.39, 0.29) is 5.92 Å². The van der Waals surface area contributed by atoms with Crippen LogP contribution < -0.4 is 4.90 Å². The molecule has 3 heterocycles. The van der Waals surface area contributed by atoms with Gasteiger partial charge in [-0.25, -0.2) is 4.79 Å². The van der Waals surface area contributed by atoms with E-state index in [1.807, 2.05) is 11.8 Å². The minimum absolute atomic E-state index is 0.0950. The first-order valence-corrected chi connectivity index (χ1v) is 6.21. The molecule has 3 rings (SSSR count). The molecule has 2 atom stereocenters. The van der Waals surface area contributed by atoms with Crippen LogP contribution in [0.3, 0.4) is 0 Å². The lowest BCUT2D eigenvalue weighted by molar-refractivity contribution is -0.140. The topological polar surface area (TPSA) is 96.5 Å². The van der Waals surface area contributed by atoms with E-state index in [9.17, 15) is 9.90 Å². The summed E-state index contributed by atoms with van der Waals surface area (Å²) in [6.45, 7) is 2.64. The Morgan fingerprint density at radius 1 is 1.47 bits per heavy atom. The zero-order valence-electron chi connectivity index (χ0n) is 10.5. The summed E-state index contributed by atoms with van der Waals surface area (Å²) in [5.41, 5.74) is 0.542. The predicted octanol–water partition coefficient (Wildman–Crippen LogP) is 0.209. The molecule has 100 valence electrons. The number of nitrogens with zero attached hydrogens (tertiary/aromatic N) is 6. The van der Waals surface area contributed by atoms with E-state index in [1.54, 1.807) is 12.1 Å².